The molecule has 39 heavy (non-hydrogen) atoms. The average Bonchev–Trinajstić information content (AvgIpc) is 3.07. The van der Waals surface area contributed by atoms with Crippen molar-refractivity contribution in [3.63, 3.8) is 0 Å². The molecule has 3 saturated carbocycles. The van der Waals surface area contributed by atoms with Gasteiger partial charge in [-0.3, -0.25) is 4.79 Å². The lowest BCUT2D eigenvalue weighted by atomic mass is 9.44. The van der Waals surface area contributed by atoms with Crippen LogP contribution in [0.25, 0.3) is 0 Å². The van der Waals surface area contributed by atoms with Crippen molar-refractivity contribution >= 4 is 17.9 Å². The summed E-state index contributed by atoms with van der Waals surface area (Å²) in [7, 11) is 0. The lowest BCUT2D eigenvalue weighted by molar-refractivity contribution is -0.235. The molecular formula is C29H39F3O7. The monoisotopic (exact) mass is 556 g/mol. The van der Waals surface area contributed by atoms with Crippen LogP contribution in [-0.2, 0) is 23.8 Å². The molecule has 0 amide bonds. The van der Waals surface area contributed by atoms with Crippen LogP contribution in [0.4, 0.5) is 18.0 Å². The molecule has 0 radical (unpaired) electrons. The third-order valence-electron chi connectivity index (χ3n) is 10.3. The van der Waals surface area contributed by atoms with Gasteiger partial charge in [0, 0.05) is 22.7 Å². The maximum absolute atomic E-state index is 17.4. The highest BCUT2D eigenvalue weighted by Crippen LogP contribution is 2.71. The number of fused-ring (bicyclic) bond motifs is 5. The van der Waals surface area contributed by atoms with Gasteiger partial charge >= 0.3 is 12.1 Å². The van der Waals surface area contributed by atoms with E-state index < -0.39 is 83.0 Å². The van der Waals surface area contributed by atoms with Crippen LogP contribution in [-0.4, -0.2) is 59.5 Å². The summed E-state index contributed by atoms with van der Waals surface area (Å²) in [5.41, 5.74) is -7.57. The first-order valence-electron chi connectivity index (χ1n) is 13.7. The van der Waals surface area contributed by atoms with E-state index in [2.05, 4.69) is 0 Å². The molecule has 0 aliphatic heterocycles. The van der Waals surface area contributed by atoms with Crippen molar-refractivity contribution in [1.29, 1.82) is 0 Å². The Morgan fingerprint density at radius 1 is 1.21 bits per heavy atom. The molecule has 10 heteroatoms. The van der Waals surface area contributed by atoms with E-state index in [0.717, 1.165) is 6.08 Å². The van der Waals surface area contributed by atoms with E-state index in [1.165, 1.54) is 19.1 Å². The summed E-state index contributed by atoms with van der Waals surface area (Å²) >= 11 is 0. The molecule has 4 aliphatic carbocycles. The number of ether oxygens (including phenoxy) is 3. The summed E-state index contributed by atoms with van der Waals surface area (Å²) in [5.74, 6) is -4.31. The summed E-state index contributed by atoms with van der Waals surface area (Å²) in [5, 5.41) is 11.5. The molecule has 1 N–H and O–H groups in total. The van der Waals surface area contributed by atoms with Gasteiger partial charge in [-0.05, 0) is 62.2 Å². The van der Waals surface area contributed by atoms with E-state index >= 15 is 8.78 Å². The molecular weight excluding hydrogens is 517 g/mol. The van der Waals surface area contributed by atoms with E-state index in [0.29, 0.717) is 6.42 Å². The van der Waals surface area contributed by atoms with Gasteiger partial charge in [0.2, 0.25) is 12.5 Å². The van der Waals surface area contributed by atoms with Crippen LogP contribution in [0, 0.1) is 34.5 Å². The zero-order chi connectivity index (χ0) is 29.1. The standard InChI is InChI=1S/C29H39F3O7/c1-7-22(15(2)3)38-25(36)39-29(24(35)37-14-30)16(4)10-18-19-12-21(31)20-11-17(33)8-9-26(20,5)28(19,32)23(34)13-27(18,29)6/h8-9,11,15-16,18-19,21-23,34H,7,10,12-14H2,1-6H3/t16-,18+,19+,21+,22?,23+,26+,27+,28?,29-/m1/s1. The van der Waals surface area contributed by atoms with Gasteiger partial charge in [-0.1, -0.05) is 40.7 Å². The number of halogens is 3. The quantitative estimate of drug-likeness (QED) is 0.441. The number of aliphatic hydroxyl groups is 1. The van der Waals surface area contributed by atoms with E-state index in [9.17, 15) is 23.9 Å². The predicted molar refractivity (Wildman–Crippen MR) is 134 cm³/mol. The Balaban J connectivity index is 1.80. The zero-order valence-electron chi connectivity index (χ0n) is 23.3. The second-order valence-electron chi connectivity index (χ2n) is 12.4. The number of carbonyl (C=O) groups is 3. The van der Waals surface area contributed by atoms with E-state index in [1.807, 2.05) is 20.8 Å². The maximum Gasteiger partial charge on any atom is 0.509 e. The SMILES string of the molecule is CCC(OC(=O)O[C@@]1(C(=O)OCF)[C@H](C)C[C@H]2[C@@H]3C[C@H](F)C4=CC(=O)C=C[C@]4(C)C3(F)[C@@H](O)C[C@@]21C)C(C)C. The molecule has 0 aromatic heterocycles. The van der Waals surface area contributed by atoms with Crippen LogP contribution in [0.2, 0.25) is 0 Å². The van der Waals surface area contributed by atoms with Crippen molar-refractivity contribution in [3.05, 3.63) is 23.8 Å². The van der Waals surface area contributed by atoms with Crippen molar-refractivity contribution in [3.8, 4) is 0 Å². The summed E-state index contributed by atoms with van der Waals surface area (Å²) in [6.45, 7) is 8.73. The van der Waals surface area contributed by atoms with Crippen LogP contribution in [0.3, 0.4) is 0 Å². The minimum atomic E-state index is -2.38. The average molecular weight is 557 g/mol. The van der Waals surface area contributed by atoms with Gasteiger partial charge in [0.05, 0.1) is 6.10 Å². The number of ketones is 1. The fourth-order valence-corrected chi connectivity index (χ4v) is 8.34. The summed E-state index contributed by atoms with van der Waals surface area (Å²) in [6.07, 6.45) is -1.55. The fraction of sp³-hybridized carbons (Fsp3) is 0.759. The molecule has 218 valence electrons. The van der Waals surface area contributed by atoms with Gasteiger partial charge in [-0.15, -0.1) is 0 Å². The topological polar surface area (TPSA) is 99.1 Å². The van der Waals surface area contributed by atoms with Crippen LogP contribution >= 0.6 is 0 Å². The first-order valence-corrected chi connectivity index (χ1v) is 13.7. The zero-order valence-corrected chi connectivity index (χ0v) is 23.3. The number of allylic oxidation sites excluding steroid dienone is 4. The summed E-state index contributed by atoms with van der Waals surface area (Å²) in [6, 6.07) is 0. The lowest BCUT2D eigenvalue weighted by Crippen LogP contribution is -2.71. The van der Waals surface area contributed by atoms with Crippen molar-refractivity contribution < 1.29 is 46.9 Å². The molecule has 4 aliphatic rings. The molecule has 0 bridgehead atoms. The molecule has 10 atom stereocenters. The first-order chi connectivity index (χ1) is 18.1. The van der Waals surface area contributed by atoms with Crippen molar-refractivity contribution in [2.24, 2.45) is 34.5 Å². The minimum absolute atomic E-state index is 0.0235. The summed E-state index contributed by atoms with van der Waals surface area (Å²) in [4.78, 5) is 38.6. The number of esters is 1. The molecule has 7 nitrogen and oxygen atoms in total. The van der Waals surface area contributed by atoms with Gasteiger partial charge < -0.3 is 19.3 Å². The number of hydrogen-bond donors (Lipinski definition) is 1. The normalized spacial score (nSPS) is 43.6. The Kier molecular flexibility index (Phi) is 7.54. The van der Waals surface area contributed by atoms with E-state index in [-0.39, 0.29) is 30.8 Å². The number of hydrogen-bond acceptors (Lipinski definition) is 7. The molecule has 2 unspecified atom stereocenters. The Hall–Kier alpha value is -2.36. The van der Waals surface area contributed by atoms with Gasteiger partial charge in [0.1, 0.15) is 12.3 Å². The van der Waals surface area contributed by atoms with Crippen molar-refractivity contribution in [1.82, 2.24) is 0 Å². The Morgan fingerprint density at radius 3 is 2.46 bits per heavy atom. The maximum atomic E-state index is 17.4. The predicted octanol–water partition coefficient (Wildman–Crippen LogP) is 5.35. The molecule has 0 aromatic carbocycles. The minimum Gasteiger partial charge on any atom is -0.431 e. The van der Waals surface area contributed by atoms with Crippen LogP contribution in [0.1, 0.15) is 67.2 Å². The Labute approximate surface area is 227 Å². The second-order valence-corrected chi connectivity index (χ2v) is 12.4. The third-order valence-corrected chi connectivity index (χ3v) is 10.3. The van der Waals surface area contributed by atoms with E-state index in [4.69, 9.17) is 14.2 Å². The number of alkyl halides is 3. The number of carbonyl (C=O) groups excluding carboxylic acids is 3. The molecule has 0 saturated heterocycles. The van der Waals surface area contributed by atoms with Gasteiger partial charge in [-0.25, -0.2) is 22.8 Å². The number of aliphatic hydroxyl groups excluding tert-OH is 1. The largest absolute Gasteiger partial charge is 0.509 e. The van der Waals surface area contributed by atoms with Crippen molar-refractivity contribution in [2.45, 2.75) is 96.9 Å². The molecule has 3 fully saturated rings. The lowest BCUT2D eigenvalue weighted by Gasteiger charge is -2.62. The first kappa shape index (κ1) is 29.6. The molecule has 0 spiro atoms. The highest BCUT2D eigenvalue weighted by Gasteiger charge is 2.79. The highest BCUT2D eigenvalue weighted by molar-refractivity contribution is 6.01. The summed E-state index contributed by atoms with van der Waals surface area (Å²) < 4.78 is 62.6. The number of rotatable bonds is 6. The van der Waals surface area contributed by atoms with Gasteiger partial charge in [0.15, 0.2) is 11.5 Å². The van der Waals surface area contributed by atoms with Crippen molar-refractivity contribution in [2.75, 3.05) is 6.86 Å². The van der Waals surface area contributed by atoms with Crippen LogP contribution < -0.4 is 0 Å². The third kappa shape index (κ3) is 3.98. The van der Waals surface area contributed by atoms with E-state index in [1.54, 1.807) is 13.8 Å². The molecule has 4 rings (SSSR count). The second kappa shape index (κ2) is 9.93. The van der Waals surface area contributed by atoms with Gasteiger partial charge in [0.25, 0.3) is 0 Å². The van der Waals surface area contributed by atoms with Crippen LogP contribution in [0.15, 0.2) is 23.8 Å². The fourth-order valence-electron chi connectivity index (χ4n) is 8.34. The Morgan fingerprint density at radius 2 is 1.87 bits per heavy atom. The Bertz CT molecular complexity index is 1090. The van der Waals surface area contributed by atoms with Crippen LogP contribution in [0.5, 0.6) is 0 Å². The highest BCUT2D eigenvalue weighted by atomic mass is 19.1. The van der Waals surface area contributed by atoms with Gasteiger partial charge in [-0.2, -0.15) is 0 Å². The molecule has 0 aromatic rings. The molecule has 0 heterocycles. The smallest absolute Gasteiger partial charge is 0.431 e.